The molecule has 2 N–H and O–H groups in total. The van der Waals surface area contributed by atoms with E-state index >= 15 is 0 Å². The second kappa shape index (κ2) is 7.32. The van der Waals surface area contributed by atoms with Crippen LogP contribution in [0.4, 0.5) is 0 Å². The van der Waals surface area contributed by atoms with Gasteiger partial charge in [0, 0.05) is 0 Å². The van der Waals surface area contributed by atoms with Crippen molar-refractivity contribution in [1.82, 2.24) is 0 Å². The van der Waals surface area contributed by atoms with Gasteiger partial charge >= 0.3 is 0 Å². The molecule has 0 aromatic carbocycles. The lowest BCUT2D eigenvalue weighted by atomic mass is 10.1. The predicted octanol–water partition coefficient (Wildman–Crippen LogP) is 4.04. The molecule has 1 aromatic rings. The van der Waals surface area contributed by atoms with Gasteiger partial charge < -0.3 is 10.2 Å². The molecular weight excluding hydrogens is 265 g/mol. The molecule has 82 valence electrons. The molecular formula is C10H17BrClNO. The molecule has 1 rings (SSSR count). The average molecular weight is 283 g/mol. The van der Waals surface area contributed by atoms with Gasteiger partial charge in [0.1, 0.15) is 5.76 Å². The van der Waals surface area contributed by atoms with Crippen LogP contribution in [-0.2, 0) is 0 Å². The average Bonchev–Trinajstić information content (AvgIpc) is 2.52. The maximum atomic E-state index is 5.93. The second-order valence-corrected chi connectivity index (χ2v) is 4.03. The molecule has 2 nitrogen and oxygen atoms in total. The highest BCUT2D eigenvalue weighted by Crippen LogP contribution is 2.22. The molecule has 0 aliphatic rings. The zero-order valence-corrected chi connectivity index (χ0v) is 10.7. The molecule has 0 aliphatic heterocycles. The molecule has 14 heavy (non-hydrogen) atoms. The highest BCUT2D eigenvalue weighted by atomic mass is 79.9. The molecule has 0 saturated heterocycles. The monoisotopic (exact) mass is 281 g/mol. The Labute approximate surface area is 99.8 Å². The van der Waals surface area contributed by atoms with Crippen molar-refractivity contribution >= 4 is 28.3 Å². The molecule has 0 aliphatic carbocycles. The van der Waals surface area contributed by atoms with Crippen LogP contribution in [0, 0.1) is 0 Å². The maximum absolute atomic E-state index is 5.93. The van der Waals surface area contributed by atoms with Crippen LogP contribution in [0.15, 0.2) is 21.2 Å². The van der Waals surface area contributed by atoms with Crippen molar-refractivity contribution in [3.8, 4) is 0 Å². The smallest absolute Gasteiger partial charge is 0.169 e. The lowest BCUT2D eigenvalue weighted by molar-refractivity contribution is 0.428. The number of hydrogen-bond acceptors (Lipinski definition) is 2. The van der Waals surface area contributed by atoms with Crippen molar-refractivity contribution in [2.24, 2.45) is 5.73 Å². The Morgan fingerprint density at radius 1 is 1.43 bits per heavy atom. The zero-order chi connectivity index (χ0) is 9.68. The number of nitrogens with two attached hydrogens (primary N) is 1. The molecule has 0 amide bonds. The molecule has 0 radical (unpaired) electrons. The van der Waals surface area contributed by atoms with Gasteiger partial charge in [-0.1, -0.05) is 26.2 Å². The standard InChI is InChI=1S/C10H16BrNO.ClH/c1-2-3-4-5-8(12)9-6-7-10(11)13-9;/h6-8H,2-5,12H2,1H3;1H/t8-;/m1./s1. The van der Waals surface area contributed by atoms with E-state index < -0.39 is 0 Å². The second-order valence-electron chi connectivity index (χ2n) is 3.24. The van der Waals surface area contributed by atoms with Gasteiger partial charge in [0.15, 0.2) is 4.67 Å². The fourth-order valence-corrected chi connectivity index (χ4v) is 1.60. The molecule has 0 fully saturated rings. The number of furan rings is 1. The number of halogens is 2. The third-order valence-corrected chi connectivity index (χ3v) is 2.50. The van der Waals surface area contributed by atoms with Gasteiger partial charge in [0.2, 0.25) is 0 Å². The van der Waals surface area contributed by atoms with Gasteiger partial charge in [-0.15, -0.1) is 12.4 Å². The van der Waals surface area contributed by atoms with Crippen molar-refractivity contribution in [3.63, 3.8) is 0 Å². The van der Waals surface area contributed by atoms with E-state index in [2.05, 4.69) is 22.9 Å². The lowest BCUT2D eigenvalue weighted by Crippen LogP contribution is -2.08. The molecule has 0 bridgehead atoms. The summed E-state index contributed by atoms with van der Waals surface area (Å²) in [5.41, 5.74) is 5.93. The first-order valence-electron chi connectivity index (χ1n) is 4.75. The minimum atomic E-state index is 0. The molecule has 1 aromatic heterocycles. The van der Waals surface area contributed by atoms with Crippen LogP contribution in [0.25, 0.3) is 0 Å². The highest BCUT2D eigenvalue weighted by Gasteiger charge is 2.09. The molecule has 4 heteroatoms. The zero-order valence-electron chi connectivity index (χ0n) is 8.33. The summed E-state index contributed by atoms with van der Waals surface area (Å²) in [6.07, 6.45) is 4.66. The normalized spacial score (nSPS) is 12.2. The van der Waals surface area contributed by atoms with E-state index in [1.54, 1.807) is 0 Å². The van der Waals surface area contributed by atoms with E-state index in [0.29, 0.717) is 0 Å². The molecule has 0 spiro atoms. The molecule has 0 saturated carbocycles. The van der Waals surface area contributed by atoms with E-state index in [1.807, 2.05) is 12.1 Å². The summed E-state index contributed by atoms with van der Waals surface area (Å²) in [5.74, 6) is 0.878. The van der Waals surface area contributed by atoms with Crippen molar-refractivity contribution in [3.05, 3.63) is 22.6 Å². The first-order chi connectivity index (χ1) is 6.24. The van der Waals surface area contributed by atoms with Gasteiger partial charge in [-0.05, 0) is 34.5 Å². The summed E-state index contributed by atoms with van der Waals surface area (Å²) in [6.45, 7) is 2.19. The van der Waals surface area contributed by atoms with Crippen molar-refractivity contribution in [2.45, 2.75) is 38.6 Å². The van der Waals surface area contributed by atoms with Gasteiger partial charge in [0.25, 0.3) is 0 Å². The van der Waals surface area contributed by atoms with Crippen molar-refractivity contribution < 1.29 is 4.42 Å². The SMILES string of the molecule is CCCCC[C@@H](N)c1ccc(Br)o1.Cl. The van der Waals surface area contributed by atoms with Crippen LogP contribution in [0.5, 0.6) is 0 Å². The van der Waals surface area contributed by atoms with E-state index in [9.17, 15) is 0 Å². The first-order valence-corrected chi connectivity index (χ1v) is 5.54. The van der Waals surface area contributed by atoms with Gasteiger partial charge in [0.05, 0.1) is 6.04 Å². The molecule has 1 heterocycles. The maximum Gasteiger partial charge on any atom is 0.169 e. The van der Waals surface area contributed by atoms with Crippen LogP contribution in [-0.4, -0.2) is 0 Å². The number of unbranched alkanes of at least 4 members (excludes halogenated alkanes) is 2. The Balaban J connectivity index is 0.00000169. The predicted molar refractivity (Wildman–Crippen MR) is 64.7 cm³/mol. The quantitative estimate of drug-likeness (QED) is 0.828. The summed E-state index contributed by atoms with van der Waals surface area (Å²) in [5, 5.41) is 0. The Kier molecular flexibility index (Phi) is 7.33. The summed E-state index contributed by atoms with van der Waals surface area (Å²) in [6, 6.07) is 3.87. The highest BCUT2D eigenvalue weighted by molar-refractivity contribution is 9.10. The lowest BCUT2D eigenvalue weighted by Gasteiger charge is -2.07. The van der Waals surface area contributed by atoms with E-state index in [-0.39, 0.29) is 18.4 Å². The summed E-state index contributed by atoms with van der Waals surface area (Å²) < 4.78 is 6.13. The Hall–Kier alpha value is 0.01000. The van der Waals surface area contributed by atoms with Gasteiger partial charge in [-0.25, -0.2) is 0 Å². The van der Waals surface area contributed by atoms with E-state index in [4.69, 9.17) is 10.2 Å². The summed E-state index contributed by atoms with van der Waals surface area (Å²) in [7, 11) is 0. The van der Waals surface area contributed by atoms with Crippen LogP contribution in [0.3, 0.4) is 0 Å². The molecule has 0 unspecified atom stereocenters. The molecule has 1 atom stereocenters. The van der Waals surface area contributed by atoms with Crippen LogP contribution < -0.4 is 5.73 Å². The largest absolute Gasteiger partial charge is 0.453 e. The third-order valence-electron chi connectivity index (χ3n) is 2.08. The van der Waals surface area contributed by atoms with Crippen molar-refractivity contribution in [1.29, 1.82) is 0 Å². The number of rotatable bonds is 5. The first kappa shape index (κ1) is 14.0. The van der Waals surface area contributed by atoms with Crippen LogP contribution in [0.2, 0.25) is 0 Å². The minimum absolute atomic E-state index is 0. The number of hydrogen-bond donors (Lipinski definition) is 1. The van der Waals surface area contributed by atoms with Crippen molar-refractivity contribution in [2.75, 3.05) is 0 Å². The summed E-state index contributed by atoms with van der Waals surface area (Å²) in [4.78, 5) is 0. The topological polar surface area (TPSA) is 39.2 Å². The Morgan fingerprint density at radius 3 is 2.64 bits per heavy atom. The summed E-state index contributed by atoms with van der Waals surface area (Å²) >= 11 is 3.26. The Morgan fingerprint density at radius 2 is 2.14 bits per heavy atom. The van der Waals surface area contributed by atoms with E-state index in [1.165, 1.54) is 19.3 Å². The minimum Gasteiger partial charge on any atom is -0.453 e. The van der Waals surface area contributed by atoms with Gasteiger partial charge in [-0.3, -0.25) is 0 Å². The fourth-order valence-electron chi connectivity index (χ4n) is 1.28. The van der Waals surface area contributed by atoms with Crippen LogP contribution in [0.1, 0.15) is 44.4 Å². The Bertz CT molecular complexity index is 252. The third kappa shape index (κ3) is 4.49. The fraction of sp³-hybridized carbons (Fsp3) is 0.600. The van der Waals surface area contributed by atoms with Gasteiger partial charge in [-0.2, -0.15) is 0 Å². The van der Waals surface area contributed by atoms with E-state index in [0.717, 1.165) is 16.9 Å². The van der Waals surface area contributed by atoms with Crippen LogP contribution >= 0.6 is 28.3 Å².